The molecule has 1 N–H and O–H groups in total. The molecule has 3 aromatic rings. The summed E-state index contributed by atoms with van der Waals surface area (Å²) in [6, 6.07) is 6.40. The Morgan fingerprint density at radius 1 is 1.14 bits per heavy atom. The van der Waals surface area contributed by atoms with Crippen molar-refractivity contribution in [3.63, 3.8) is 0 Å². The van der Waals surface area contributed by atoms with Crippen molar-refractivity contribution in [2.24, 2.45) is 0 Å². The van der Waals surface area contributed by atoms with Crippen LogP contribution in [0.4, 0.5) is 19.0 Å². The van der Waals surface area contributed by atoms with Crippen molar-refractivity contribution in [1.82, 2.24) is 14.3 Å². The van der Waals surface area contributed by atoms with Crippen LogP contribution in [0.25, 0.3) is 10.9 Å². The van der Waals surface area contributed by atoms with Gasteiger partial charge in [0.25, 0.3) is 6.43 Å². The summed E-state index contributed by atoms with van der Waals surface area (Å²) < 4.78 is 85.6. The molecule has 8 nitrogen and oxygen atoms in total. The van der Waals surface area contributed by atoms with E-state index in [2.05, 4.69) is 15.3 Å². The third-order valence-electron chi connectivity index (χ3n) is 6.38. The Morgan fingerprint density at radius 2 is 1.81 bits per heavy atom. The molecule has 1 fully saturated rings. The summed E-state index contributed by atoms with van der Waals surface area (Å²) in [5.41, 5.74) is -0.156. The minimum Gasteiger partial charge on any atom is -0.496 e. The molecule has 1 aromatic heterocycles. The van der Waals surface area contributed by atoms with E-state index < -0.39 is 41.0 Å². The summed E-state index contributed by atoms with van der Waals surface area (Å²) >= 11 is 0. The lowest BCUT2D eigenvalue weighted by Crippen LogP contribution is -2.40. The van der Waals surface area contributed by atoms with E-state index in [1.165, 1.54) is 29.9 Å². The predicted octanol–water partition coefficient (Wildman–Crippen LogP) is 4.15. The first-order chi connectivity index (χ1) is 16.9. The number of aromatic nitrogens is 2. The highest BCUT2D eigenvalue weighted by Crippen LogP contribution is 2.50. The molecule has 0 spiro atoms. The summed E-state index contributed by atoms with van der Waals surface area (Å²) in [5.74, 6) is -0.318. The lowest BCUT2D eigenvalue weighted by Gasteiger charge is -2.31. The smallest absolute Gasteiger partial charge is 0.266 e. The molecule has 194 valence electrons. The molecular formula is C23H26F3N4O4PS. The molecule has 0 unspecified atom stereocenters. The van der Waals surface area contributed by atoms with Crippen LogP contribution in [0.3, 0.4) is 0 Å². The van der Waals surface area contributed by atoms with Gasteiger partial charge in [0.2, 0.25) is 10.0 Å². The third-order valence-corrected chi connectivity index (χ3v) is 10.8. The van der Waals surface area contributed by atoms with Gasteiger partial charge >= 0.3 is 0 Å². The van der Waals surface area contributed by atoms with E-state index in [1.807, 2.05) is 0 Å². The van der Waals surface area contributed by atoms with Gasteiger partial charge in [0, 0.05) is 42.4 Å². The van der Waals surface area contributed by atoms with E-state index in [0.717, 1.165) is 12.3 Å². The Hall–Kier alpha value is -2.69. The standard InChI is InChI=1S/C23H26F3N4O4PS/c1-14(15-5-4-6-16(21(15)24)22(25)26)29-23-17-11-20(19(34-2)12-18(17)27-13-28-23)35(31)9-7-30(8-10-35)36(3,32)33/h4-6,11-14,22H,7-10H2,1-3H3,(H,27,28,29)/t14-/m1/s1. The number of fused-ring (bicyclic) bond motifs is 1. The second-order valence-corrected chi connectivity index (χ2v) is 13.8. The molecule has 2 aromatic carbocycles. The number of sulfonamides is 1. The van der Waals surface area contributed by atoms with E-state index in [4.69, 9.17) is 4.74 Å². The van der Waals surface area contributed by atoms with Crippen molar-refractivity contribution in [3.8, 4) is 5.75 Å². The van der Waals surface area contributed by atoms with Gasteiger partial charge in [-0.3, -0.25) is 0 Å². The highest BCUT2D eigenvalue weighted by atomic mass is 32.2. The number of hydrogen-bond acceptors (Lipinski definition) is 7. The highest BCUT2D eigenvalue weighted by Gasteiger charge is 2.36. The van der Waals surface area contributed by atoms with E-state index in [-0.39, 0.29) is 31.0 Å². The quantitative estimate of drug-likeness (QED) is 0.448. The Labute approximate surface area is 207 Å². The van der Waals surface area contributed by atoms with Gasteiger partial charge in [-0.05, 0) is 13.0 Å². The lowest BCUT2D eigenvalue weighted by molar-refractivity contribution is 0.146. The topological polar surface area (TPSA) is 101 Å². The summed E-state index contributed by atoms with van der Waals surface area (Å²) in [6.45, 7) is 1.88. The molecule has 0 amide bonds. The van der Waals surface area contributed by atoms with E-state index in [1.54, 1.807) is 19.1 Å². The van der Waals surface area contributed by atoms with Crippen LogP contribution in [0.5, 0.6) is 5.75 Å². The van der Waals surface area contributed by atoms with Crippen molar-refractivity contribution in [2.75, 3.05) is 44.1 Å². The van der Waals surface area contributed by atoms with Crippen LogP contribution in [0.1, 0.15) is 30.5 Å². The predicted molar refractivity (Wildman–Crippen MR) is 133 cm³/mol. The van der Waals surface area contributed by atoms with Crippen molar-refractivity contribution >= 4 is 39.2 Å². The fourth-order valence-electron chi connectivity index (χ4n) is 4.37. The van der Waals surface area contributed by atoms with E-state index in [0.29, 0.717) is 27.8 Å². The SMILES string of the molecule is COc1cc2ncnc(N[C@H](C)c3cccc(C(F)F)c3F)c2cc1P1(=O)CCN(S(C)(=O)=O)CC1. The van der Waals surface area contributed by atoms with Gasteiger partial charge in [0.1, 0.15) is 30.9 Å². The molecule has 36 heavy (non-hydrogen) atoms. The number of nitrogens with zero attached hydrogens (tertiary/aromatic N) is 3. The van der Waals surface area contributed by atoms with E-state index in [9.17, 15) is 26.2 Å². The Morgan fingerprint density at radius 3 is 2.42 bits per heavy atom. The zero-order chi connectivity index (χ0) is 26.3. The zero-order valence-electron chi connectivity index (χ0n) is 19.9. The first-order valence-corrected chi connectivity index (χ1v) is 15.1. The summed E-state index contributed by atoms with van der Waals surface area (Å²) in [5, 5.41) is 4.00. The van der Waals surface area contributed by atoms with Gasteiger partial charge in [0.15, 0.2) is 0 Å². The average molecular weight is 543 g/mol. The molecule has 4 rings (SSSR count). The highest BCUT2D eigenvalue weighted by molar-refractivity contribution is 7.88. The molecule has 0 bridgehead atoms. The normalized spacial score (nSPS) is 17.3. The van der Waals surface area contributed by atoms with Gasteiger partial charge in [-0.15, -0.1) is 0 Å². The Kier molecular flexibility index (Phi) is 7.32. The molecule has 1 atom stereocenters. The Bertz CT molecular complexity index is 1440. The average Bonchev–Trinajstić information content (AvgIpc) is 2.83. The molecule has 1 aliphatic heterocycles. The van der Waals surface area contributed by atoms with Crippen LogP contribution >= 0.6 is 7.14 Å². The van der Waals surface area contributed by atoms with Crippen molar-refractivity contribution in [2.45, 2.75) is 19.4 Å². The number of nitrogens with one attached hydrogen (secondary N) is 1. The largest absolute Gasteiger partial charge is 0.496 e. The molecule has 0 aliphatic carbocycles. The fraction of sp³-hybridized carbons (Fsp3) is 0.391. The first kappa shape index (κ1) is 26.4. The van der Waals surface area contributed by atoms with Gasteiger partial charge < -0.3 is 14.6 Å². The molecule has 1 saturated heterocycles. The summed E-state index contributed by atoms with van der Waals surface area (Å²) in [7, 11) is -4.97. The van der Waals surface area contributed by atoms with Crippen molar-refractivity contribution in [3.05, 3.63) is 53.6 Å². The minimum absolute atomic E-state index is 0.0502. The molecule has 2 heterocycles. The summed E-state index contributed by atoms with van der Waals surface area (Å²) in [6.07, 6.45) is -0.218. The Balaban J connectivity index is 1.72. The second kappa shape index (κ2) is 9.99. The first-order valence-electron chi connectivity index (χ1n) is 11.1. The van der Waals surface area contributed by atoms with Crippen molar-refractivity contribution in [1.29, 1.82) is 0 Å². The maximum absolute atomic E-state index is 14.7. The van der Waals surface area contributed by atoms with E-state index >= 15 is 0 Å². The van der Waals surface area contributed by atoms with Gasteiger partial charge in [-0.25, -0.2) is 35.9 Å². The van der Waals surface area contributed by atoms with Gasteiger partial charge in [0.05, 0.1) is 35.8 Å². The fourth-order valence-corrected chi connectivity index (χ4v) is 8.24. The molecule has 0 radical (unpaired) electrons. The van der Waals surface area contributed by atoms with Crippen LogP contribution < -0.4 is 15.4 Å². The number of benzene rings is 2. The monoisotopic (exact) mass is 542 g/mol. The number of methoxy groups -OCH3 is 1. The maximum Gasteiger partial charge on any atom is 0.266 e. The number of halogens is 3. The summed E-state index contributed by atoms with van der Waals surface area (Å²) in [4.78, 5) is 8.51. The number of alkyl halides is 2. The van der Waals surface area contributed by atoms with Crippen LogP contribution in [-0.4, -0.2) is 61.5 Å². The molecule has 13 heteroatoms. The maximum atomic E-state index is 14.7. The number of ether oxygens (including phenoxy) is 1. The molecule has 1 aliphatic rings. The molecule has 0 saturated carbocycles. The van der Waals surface area contributed by atoms with Crippen LogP contribution in [0.2, 0.25) is 0 Å². The molecular weight excluding hydrogens is 516 g/mol. The van der Waals surface area contributed by atoms with Crippen molar-refractivity contribution < 1.29 is 30.9 Å². The van der Waals surface area contributed by atoms with Gasteiger partial charge in [-0.2, -0.15) is 0 Å². The van der Waals surface area contributed by atoms with Crippen LogP contribution in [0.15, 0.2) is 36.7 Å². The second-order valence-electron chi connectivity index (χ2n) is 8.68. The van der Waals surface area contributed by atoms with Crippen LogP contribution in [-0.2, 0) is 14.6 Å². The van der Waals surface area contributed by atoms with Crippen LogP contribution in [0, 0.1) is 5.82 Å². The number of anilines is 1. The third kappa shape index (κ3) is 5.07. The number of hydrogen-bond donors (Lipinski definition) is 1. The number of rotatable bonds is 7. The lowest BCUT2D eigenvalue weighted by atomic mass is 10.0. The minimum atomic E-state index is -3.39. The van der Waals surface area contributed by atoms with Gasteiger partial charge in [-0.1, -0.05) is 18.2 Å². The zero-order valence-corrected chi connectivity index (χ0v) is 21.6.